The molecule has 0 aliphatic heterocycles. The van der Waals surface area contributed by atoms with E-state index in [1.165, 1.54) is 32.1 Å². The van der Waals surface area contributed by atoms with Crippen LogP contribution in [0, 0.1) is 0 Å². The van der Waals surface area contributed by atoms with E-state index in [4.69, 9.17) is 5.53 Å². The molecule has 34 heavy (non-hydrogen) atoms. The molecular weight excluding hydrogens is 434 g/mol. The Morgan fingerprint density at radius 1 is 0.765 bits per heavy atom. The maximum absolute atomic E-state index is 12.2. The highest BCUT2D eigenvalue weighted by molar-refractivity contribution is 6.98. The predicted octanol–water partition coefficient (Wildman–Crippen LogP) is 7.68. The van der Waals surface area contributed by atoms with E-state index < -0.39 is 8.32 Å². The number of hydrogen-bond acceptors (Lipinski definition) is 2. The van der Waals surface area contributed by atoms with Crippen LogP contribution in [0.2, 0.25) is 5.04 Å². The predicted molar refractivity (Wildman–Crippen MR) is 148 cm³/mol. The summed E-state index contributed by atoms with van der Waals surface area (Å²) in [5, 5.41) is 5.63. The van der Waals surface area contributed by atoms with Gasteiger partial charge < -0.3 is 4.80 Å². The highest BCUT2D eigenvalue weighted by atomic mass is 28.4. The summed E-state index contributed by atoms with van der Waals surface area (Å²) in [4.78, 5) is 15.0. The number of nitrogens with zero attached hydrogens (tertiary/aromatic N) is 3. The van der Waals surface area contributed by atoms with Crippen molar-refractivity contribution in [2.24, 2.45) is 5.11 Å². The third kappa shape index (κ3) is 8.79. The van der Waals surface area contributed by atoms with Gasteiger partial charge in [0.15, 0.2) is 0 Å². The molecule has 0 aliphatic carbocycles. The number of azide groups is 1. The first-order chi connectivity index (χ1) is 16.5. The molecule has 0 bridgehead atoms. The SMILES string of the molecule is CC(C)(CCCCCCCC/C=C\CCCCN=[N+]=[N-])[Si](O)(c1ccccc1)c1ccccc1. The van der Waals surface area contributed by atoms with Gasteiger partial charge in [-0.2, -0.15) is 0 Å². The summed E-state index contributed by atoms with van der Waals surface area (Å²) in [5.41, 5.74) is 8.25. The zero-order valence-corrected chi connectivity index (χ0v) is 22.2. The summed E-state index contributed by atoms with van der Waals surface area (Å²) < 4.78 is 0. The average Bonchev–Trinajstić information content (AvgIpc) is 2.86. The van der Waals surface area contributed by atoms with E-state index in [9.17, 15) is 4.80 Å². The van der Waals surface area contributed by atoms with Gasteiger partial charge in [-0.25, -0.2) is 0 Å². The molecule has 0 unspecified atom stereocenters. The van der Waals surface area contributed by atoms with Crippen LogP contribution in [0.4, 0.5) is 0 Å². The molecule has 0 saturated heterocycles. The molecule has 5 heteroatoms. The first-order valence-corrected chi connectivity index (χ1v) is 15.0. The van der Waals surface area contributed by atoms with E-state index in [2.05, 4.69) is 60.3 Å². The van der Waals surface area contributed by atoms with Crippen molar-refractivity contribution in [2.75, 3.05) is 6.54 Å². The molecule has 0 aliphatic rings. The van der Waals surface area contributed by atoms with Crippen LogP contribution in [0.3, 0.4) is 0 Å². The summed E-state index contributed by atoms with van der Waals surface area (Å²) in [6, 6.07) is 20.7. The second kappa shape index (κ2) is 15.5. The Kier molecular flexibility index (Phi) is 12.8. The number of unbranched alkanes of at least 4 members (excludes halogenated alkanes) is 8. The molecule has 4 nitrogen and oxygen atoms in total. The monoisotopic (exact) mass is 477 g/mol. The lowest BCUT2D eigenvalue weighted by atomic mass is 10.0. The van der Waals surface area contributed by atoms with Gasteiger partial charge in [0, 0.05) is 11.5 Å². The summed E-state index contributed by atoms with van der Waals surface area (Å²) in [5.74, 6) is 0. The molecule has 1 N–H and O–H groups in total. The first kappa shape index (κ1) is 27.9. The van der Waals surface area contributed by atoms with Gasteiger partial charge >= 0.3 is 0 Å². The molecule has 0 amide bonds. The van der Waals surface area contributed by atoms with Gasteiger partial charge in [0.05, 0.1) is 0 Å². The van der Waals surface area contributed by atoms with Gasteiger partial charge in [-0.3, -0.25) is 0 Å². The molecule has 2 aromatic rings. The number of hydrogen-bond donors (Lipinski definition) is 1. The minimum atomic E-state index is -2.86. The lowest BCUT2D eigenvalue weighted by Gasteiger charge is -2.41. The Hall–Kier alpha value is -2.33. The van der Waals surface area contributed by atoms with E-state index >= 15 is 0 Å². The van der Waals surface area contributed by atoms with Crippen LogP contribution >= 0.6 is 0 Å². The zero-order valence-electron chi connectivity index (χ0n) is 21.2. The van der Waals surface area contributed by atoms with Crippen molar-refractivity contribution < 1.29 is 4.80 Å². The Balaban J connectivity index is 1.71. The Bertz CT molecular complexity index is 837. The van der Waals surface area contributed by atoms with Gasteiger partial charge in [0.2, 0.25) is 0 Å². The van der Waals surface area contributed by atoms with E-state index in [0.29, 0.717) is 6.54 Å². The van der Waals surface area contributed by atoms with Crippen molar-refractivity contribution in [2.45, 2.75) is 89.5 Å². The topological polar surface area (TPSA) is 69.0 Å². The van der Waals surface area contributed by atoms with Crippen molar-refractivity contribution in [1.82, 2.24) is 0 Å². The van der Waals surface area contributed by atoms with Crippen LogP contribution in [0.5, 0.6) is 0 Å². The fraction of sp³-hybridized carbons (Fsp3) is 0.517. The molecule has 0 heterocycles. The molecule has 184 valence electrons. The summed E-state index contributed by atoms with van der Waals surface area (Å²) >= 11 is 0. The van der Waals surface area contributed by atoms with Gasteiger partial charge in [0.25, 0.3) is 8.32 Å². The van der Waals surface area contributed by atoms with Crippen molar-refractivity contribution in [3.63, 3.8) is 0 Å². The molecule has 2 rings (SSSR count). The molecular formula is C29H43N3OSi. The van der Waals surface area contributed by atoms with Crippen LogP contribution in [0.15, 0.2) is 77.9 Å². The highest BCUT2D eigenvalue weighted by Gasteiger charge is 2.49. The Morgan fingerprint density at radius 3 is 1.76 bits per heavy atom. The van der Waals surface area contributed by atoms with Gasteiger partial charge in [0.1, 0.15) is 0 Å². The van der Waals surface area contributed by atoms with Crippen molar-refractivity contribution in [3.05, 3.63) is 83.3 Å². The van der Waals surface area contributed by atoms with E-state index in [0.717, 1.165) is 48.9 Å². The van der Waals surface area contributed by atoms with Gasteiger partial charge in [-0.05, 0) is 59.5 Å². The van der Waals surface area contributed by atoms with Crippen molar-refractivity contribution in [1.29, 1.82) is 0 Å². The summed E-state index contributed by atoms with van der Waals surface area (Å²) in [7, 11) is -2.86. The number of allylic oxidation sites excluding steroid dienone is 2. The minimum absolute atomic E-state index is 0.137. The van der Waals surface area contributed by atoms with Gasteiger partial charge in [-0.1, -0.05) is 124 Å². The number of benzene rings is 2. The minimum Gasteiger partial charge on any atom is -0.424 e. The fourth-order valence-electron chi connectivity index (χ4n) is 4.75. The zero-order chi connectivity index (χ0) is 24.5. The van der Waals surface area contributed by atoms with Crippen LogP contribution < -0.4 is 10.4 Å². The standard InChI is InChI=1S/C29H43N3OSi/c1-29(2,34(33,27-21-15-13-16-22-27)28-23-17-14-18-24-28)25-19-11-9-7-5-3-4-6-8-10-12-20-26-31-32-30/h6,8,13-18,21-24,33H,3-5,7,9-12,19-20,25-26H2,1-2H3/b8-6-. The average molecular weight is 478 g/mol. The Labute approximate surface area is 207 Å². The second-order valence-corrected chi connectivity index (χ2v) is 13.8. The molecule has 0 fully saturated rings. The second-order valence-electron chi connectivity index (χ2n) is 9.91. The lowest BCUT2D eigenvalue weighted by Crippen LogP contribution is -2.65. The van der Waals surface area contributed by atoms with Crippen LogP contribution in [0.1, 0.15) is 84.5 Å². The third-order valence-corrected chi connectivity index (χ3v) is 11.4. The lowest BCUT2D eigenvalue weighted by molar-refractivity contribution is 0.446. The highest BCUT2D eigenvalue weighted by Crippen LogP contribution is 2.40. The maximum Gasteiger partial charge on any atom is 0.258 e. The normalized spacial score (nSPS) is 12.1. The summed E-state index contributed by atoms with van der Waals surface area (Å²) in [6.45, 7) is 5.14. The fourth-order valence-corrected chi connectivity index (χ4v) is 8.53. The maximum atomic E-state index is 12.2. The molecule has 0 atom stereocenters. The van der Waals surface area contributed by atoms with E-state index in [1.54, 1.807) is 0 Å². The van der Waals surface area contributed by atoms with Crippen LogP contribution in [-0.2, 0) is 0 Å². The smallest absolute Gasteiger partial charge is 0.258 e. The van der Waals surface area contributed by atoms with Crippen LogP contribution in [-0.4, -0.2) is 19.7 Å². The van der Waals surface area contributed by atoms with Crippen molar-refractivity contribution in [3.8, 4) is 0 Å². The molecule has 0 spiro atoms. The number of rotatable bonds is 17. The summed E-state index contributed by atoms with van der Waals surface area (Å²) in [6.07, 6.45) is 17.4. The van der Waals surface area contributed by atoms with Gasteiger partial charge in [-0.15, -0.1) is 0 Å². The van der Waals surface area contributed by atoms with Crippen LogP contribution in [0.25, 0.3) is 10.4 Å². The van der Waals surface area contributed by atoms with Crippen molar-refractivity contribution >= 4 is 18.7 Å². The van der Waals surface area contributed by atoms with E-state index in [1.807, 2.05) is 36.4 Å². The Morgan fingerprint density at radius 2 is 1.24 bits per heavy atom. The quantitative estimate of drug-likeness (QED) is 0.0623. The third-order valence-electron chi connectivity index (χ3n) is 6.89. The largest absolute Gasteiger partial charge is 0.424 e. The molecule has 0 radical (unpaired) electrons. The molecule has 0 aromatic heterocycles. The first-order valence-electron chi connectivity index (χ1n) is 13.0. The molecule has 0 saturated carbocycles. The molecule has 2 aromatic carbocycles. The van der Waals surface area contributed by atoms with E-state index in [-0.39, 0.29) is 5.04 Å².